The second kappa shape index (κ2) is 4.52. The van der Waals surface area contributed by atoms with E-state index in [0.29, 0.717) is 0 Å². The van der Waals surface area contributed by atoms with Gasteiger partial charge in [0, 0.05) is 9.32 Å². The predicted molar refractivity (Wildman–Crippen MR) is 76.7 cm³/mol. The van der Waals surface area contributed by atoms with Crippen LogP contribution < -0.4 is 5.32 Å². The second-order valence-electron chi connectivity index (χ2n) is 4.27. The van der Waals surface area contributed by atoms with Crippen molar-refractivity contribution in [1.82, 2.24) is 0 Å². The largest absolute Gasteiger partial charge is 0.334 e. The van der Waals surface area contributed by atoms with Crippen LogP contribution in [0.15, 0.2) is 23.2 Å². The molecule has 2 rings (SSSR count). The van der Waals surface area contributed by atoms with E-state index in [1.165, 1.54) is 12.1 Å². The van der Waals surface area contributed by atoms with Crippen molar-refractivity contribution >= 4 is 45.2 Å². The highest BCUT2D eigenvalue weighted by Gasteiger charge is 2.25. The molecule has 0 saturated heterocycles. The molecule has 0 aromatic heterocycles. The summed E-state index contributed by atoms with van der Waals surface area (Å²) in [7, 11) is 0. The molecule has 2 nitrogen and oxygen atoms in total. The van der Waals surface area contributed by atoms with Gasteiger partial charge in [-0.3, -0.25) is 4.99 Å². The predicted octanol–water partition coefficient (Wildman–Crippen LogP) is 3.72. The Morgan fingerprint density at radius 1 is 1.50 bits per heavy atom. The molecule has 0 unspecified atom stereocenters. The lowest BCUT2D eigenvalue weighted by Gasteiger charge is -2.09. The van der Waals surface area contributed by atoms with E-state index in [1.807, 2.05) is 0 Å². The molecule has 0 spiro atoms. The van der Waals surface area contributed by atoms with Crippen LogP contribution >= 0.6 is 34.4 Å². The van der Waals surface area contributed by atoms with Gasteiger partial charge in [-0.2, -0.15) is 0 Å². The van der Waals surface area contributed by atoms with Crippen molar-refractivity contribution in [2.75, 3.05) is 11.1 Å². The molecule has 1 aliphatic heterocycles. The Kier molecular flexibility index (Phi) is 3.44. The molecule has 5 heteroatoms. The van der Waals surface area contributed by atoms with Crippen molar-refractivity contribution in [1.29, 1.82) is 0 Å². The third-order valence-corrected chi connectivity index (χ3v) is 4.35. The Morgan fingerprint density at radius 3 is 2.81 bits per heavy atom. The van der Waals surface area contributed by atoms with Gasteiger partial charge in [0.2, 0.25) is 0 Å². The van der Waals surface area contributed by atoms with Crippen molar-refractivity contribution in [3.63, 3.8) is 0 Å². The molecule has 0 aliphatic carbocycles. The van der Waals surface area contributed by atoms with Gasteiger partial charge in [0.15, 0.2) is 5.17 Å². The van der Waals surface area contributed by atoms with Gasteiger partial charge < -0.3 is 5.32 Å². The molecule has 1 aliphatic rings. The van der Waals surface area contributed by atoms with Crippen LogP contribution in [0, 0.1) is 9.39 Å². The first-order valence-electron chi connectivity index (χ1n) is 4.91. The number of amidine groups is 1. The molecular formula is C11H12FIN2S. The van der Waals surface area contributed by atoms with E-state index in [1.54, 1.807) is 17.8 Å². The molecule has 0 saturated carbocycles. The third-order valence-electron chi connectivity index (χ3n) is 2.14. The molecule has 0 atom stereocenters. The van der Waals surface area contributed by atoms with Gasteiger partial charge in [-0.05, 0) is 54.6 Å². The van der Waals surface area contributed by atoms with Gasteiger partial charge in [0.05, 0.1) is 11.2 Å². The number of rotatable bonds is 1. The Bertz CT molecular complexity index is 446. The summed E-state index contributed by atoms with van der Waals surface area (Å²) in [5.41, 5.74) is 0.907. The Balaban J connectivity index is 2.16. The molecule has 0 bridgehead atoms. The van der Waals surface area contributed by atoms with Crippen LogP contribution in [0.25, 0.3) is 0 Å². The molecule has 1 heterocycles. The first-order chi connectivity index (χ1) is 7.46. The number of aliphatic imine (C=N–C) groups is 1. The zero-order valence-corrected chi connectivity index (χ0v) is 12.0. The van der Waals surface area contributed by atoms with Crippen molar-refractivity contribution in [2.45, 2.75) is 19.4 Å². The average molecular weight is 350 g/mol. The minimum absolute atomic E-state index is 0.00152. The number of benzene rings is 1. The van der Waals surface area contributed by atoms with Gasteiger partial charge in [0.1, 0.15) is 5.82 Å². The summed E-state index contributed by atoms with van der Waals surface area (Å²) in [6, 6.07) is 4.70. The lowest BCUT2D eigenvalue weighted by molar-refractivity contribution is 0.605. The SMILES string of the molecule is CC1(C)CSC(Nc2ccc(F)cc2I)=N1. The zero-order valence-electron chi connectivity index (χ0n) is 9.05. The fourth-order valence-electron chi connectivity index (χ4n) is 1.35. The fourth-order valence-corrected chi connectivity index (χ4v) is 3.01. The Labute approximate surface area is 112 Å². The van der Waals surface area contributed by atoms with Crippen molar-refractivity contribution in [2.24, 2.45) is 4.99 Å². The number of thioether (sulfide) groups is 1. The lowest BCUT2D eigenvalue weighted by Crippen LogP contribution is -2.15. The molecule has 0 radical (unpaired) electrons. The van der Waals surface area contributed by atoms with E-state index in [9.17, 15) is 4.39 Å². The van der Waals surface area contributed by atoms with Crippen LogP contribution in [0.1, 0.15) is 13.8 Å². The van der Waals surface area contributed by atoms with E-state index in [2.05, 4.69) is 46.7 Å². The molecule has 0 amide bonds. The van der Waals surface area contributed by atoms with Crippen LogP contribution in [-0.4, -0.2) is 16.5 Å². The van der Waals surface area contributed by atoms with Crippen molar-refractivity contribution in [3.8, 4) is 0 Å². The maximum atomic E-state index is 12.9. The number of anilines is 1. The smallest absolute Gasteiger partial charge is 0.161 e. The van der Waals surface area contributed by atoms with Crippen molar-refractivity contribution < 1.29 is 4.39 Å². The highest BCUT2D eigenvalue weighted by atomic mass is 127. The van der Waals surface area contributed by atoms with Crippen molar-refractivity contribution in [3.05, 3.63) is 27.6 Å². The lowest BCUT2D eigenvalue weighted by atomic mass is 10.1. The number of hydrogen-bond acceptors (Lipinski definition) is 3. The first kappa shape index (κ1) is 12.2. The van der Waals surface area contributed by atoms with Gasteiger partial charge in [-0.15, -0.1) is 0 Å². The minimum Gasteiger partial charge on any atom is -0.334 e. The molecule has 0 fully saturated rings. The third kappa shape index (κ3) is 2.88. The quantitative estimate of drug-likeness (QED) is 0.781. The minimum atomic E-state index is -0.212. The highest BCUT2D eigenvalue weighted by Crippen LogP contribution is 2.29. The number of halogens is 2. The summed E-state index contributed by atoms with van der Waals surface area (Å²) in [5.74, 6) is 0.768. The van der Waals surface area contributed by atoms with E-state index < -0.39 is 0 Å². The second-order valence-corrected chi connectivity index (χ2v) is 6.39. The van der Waals surface area contributed by atoms with Crippen LogP contribution in [0.4, 0.5) is 10.1 Å². The summed E-state index contributed by atoms with van der Waals surface area (Å²) < 4.78 is 13.8. The number of hydrogen-bond donors (Lipinski definition) is 1. The maximum Gasteiger partial charge on any atom is 0.161 e. The molecule has 1 N–H and O–H groups in total. The zero-order chi connectivity index (χ0) is 11.8. The number of nitrogens with zero attached hydrogens (tertiary/aromatic N) is 1. The van der Waals surface area contributed by atoms with E-state index in [0.717, 1.165) is 20.2 Å². The van der Waals surface area contributed by atoms with Crippen LogP contribution in [0.3, 0.4) is 0 Å². The van der Waals surface area contributed by atoms with Crippen LogP contribution in [0.2, 0.25) is 0 Å². The summed E-state index contributed by atoms with van der Waals surface area (Å²) in [4.78, 5) is 4.55. The van der Waals surface area contributed by atoms with Crippen LogP contribution in [-0.2, 0) is 0 Å². The Morgan fingerprint density at radius 2 is 2.25 bits per heavy atom. The molecular weight excluding hydrogens is 338 g/mol. The summed E-state index contributed by atoms with van der Waals surface area (Å²) in [5, 5.41) is 4.14. The first-order valence-corrected chi connectivity index (χ1v) is 6.97. The molecule has 16 heavy (non-hydrogen) atoms. The maximum absolute atomic E-state index is 12.9. The van der Waals surface area contributed by atoms with Gasteiger partial charge in [-0.1, -0.05) is 11.8 Å². The standard InChI is InChI=1S/C11H12FIN2S/c1-11(2)6-16-10(15-11)14-9-4-3-7(12)5-8(9)13/h3-5H,6H2,1-2H3,(H,14,15). The topological polar surface area (TPSA) is 24.4 Å². The van der Waals surface area contributed by atoms with Gasteiger partial charge in [0.25, 0.3) is 0 Å². The monoisotopic (exact) mass is 350 g/mol. The molecule has 86 valence electrons. The van der Waals surface area contributed by atoms with Gasteiger partial charge >= 0.3 is 0 Å². The van der Waals surface area contributed by atoms with Crippen LogP contribution in [0.5, 0.6) is 0 Å². The fraction of sp³-hybridized carbons (Fsp3) is 0.364. The Hall–Kier alpha value is -0.300. The van der Waals surface area contributed by atoms with E-state index >= 15 is 0 Å². The van der Waals surface area contributed by atoms with E-state index in [-0.39, 0.29) is 11.4 Å². The number of nitrogens with one attached hydrogen (secondary N) is 1. The van der Waals surface area contributed by atoms with Gasteiger partial charge in [-0.25, -0.2) is 4.39 Å². The average Bonchev–Trinajstić information content (AvgIpc) is 2.51. The summed E-state index contributed by atoms with van der Waals surface area (Å²) >= 11 is 3.81. The summed E-state index contributed by atoms with van der Waals surface area (Å²) in [6.07, 6.45) is 0. The normalized spacial score (nSPS) is 18.4. The molecule has 1 aromatic rings. The highest BCUT2D eigenvalue weighted by molar-refractivity contribution is 14.1. The molecule has 1 aromatic carbocycles. The van der Waals surface area contributed by atoms with E-state index in [4.69, 9.17) is 0 Å². The summed E-state index contributed by atoms with van der Waals surface area (Å²) in [6.45, 7) is 4.20.